The lowest BCUT2D eigenvalue weighted by Crippen LogP contribution is -2.32. The van der Waals surface area contributed by atoms with Crippen LogP contribution in [0.25, 0.3) is 0 Å². The Morgan fingerprint density at radius 1 is 0.737 bits per heavy atom. The van der Waals surface area contributed by atoms with E-state index in [4.69, 9.17) is 14.2 Å². The van der Waals surface area contributed by atoms with Crippen molar-refractivity contribution >= 4 is 5.97 Å². The Balaban J connectivity index is 1.69. The zero-order valence-electron chi connectivity index (χ0n) is 22.9. The fraction of sp³-hybridized carbons (Fsp3) is 0.581. The van der Waals surface area contributed by atoms with Gasteiger partial charge in [0.25, 0.3) is 0 Å². The van der Waals surface area contributed by atoms with Crippen LogP contribution < -0.4 is 9.47 Å². The van der Waals surface area contributed by atoms with Crippen LogP contribution in [0.1, 0.15) is 100 Å². The zero-order chi connectivity index (χ0) is 27.6. The predicted octanol–water partition coefficient (Wildman–Crippen LogP) is 9.11. The van der Waals surface area contributed by atoms with Gasteiger partial charge in [0.15, 0.2) is 6.10 Å². The van der Waals surface area contributed by atoms with E-state index in [0.29, 0.717) is 37.2 Å². The molecule has 0 saturated heterocycles. The number of hydrogen-bond acceptors (Lipinski definition) is 4. The van der Waals surface area contributed by atoms with Gasteiger partial charge in [-0.25, -0.2) is 4.79 Å². The summed E-state index contributed by atoms with van der Waals surface area (Å²) >= 11 is 0. The van der Waals surface area contributed by atoms with Gasteiger partial charge in [-0.05, 0) is 74.1 Å². The van der Waals surface area contributed by atoms with Gasteiger partial charge < -0.3 is 14.2 Å². The van der Waals surface area contributed by atoms with Gasteiger partial charge in [0.2, 0.25) is 0 Å². The molecular formula is C31H43F3O4. The topological polar surface area (TPSA) is 44.8 Å². The standard InChI is InChI=1S/C31H43F3O4/c1-3-5-6-7-8-9-10-11-24-36-27-19-21-28(22-20-27)38-30(35)26-17-15-25(16-18-26)13-12-14-29(31(32,33)34)37-23-4-2/h15-22,29H,3-14,23-24H2,1-2H3. The maximum Gasteiger partial charge on any atom is 0.414 e. The van der Waals surface area contributed by atoms with Gasteiger partial charge >= 0.3 is 12.1 Å². The third kappa shape index (κ3) is 12.8. The molecule has 38 heavy (non-hydrogen) atoms. The van der Waals surface area contributed by atoms with Crippen LogP contribution in [0.15, 0.2) is 48.5 Å². The second-order valence-electron chi connectivity index (χ2n) is 9.67. The highest BCUT2D eigenvalue weighted by Gasteiger charge is 2.39. The number of halogens is 3. The molecule has 2 aromatic carbocycles. The molecule has 0 spiro atoms. The summed E-state index contributed by atoms with van der Waals surface area (Å²) < 4.78 is 55.4. The van der Waals surface area contributed by atoms with E-state index in [2.05, 4.69) is 6.92 Å². The smallest absolute Gasteiger partial charge is 0.414 e. The van der Waals surface area contributed by atoms with Gasteiger partial charge in [-0.3, -0.25) is 0 Å². The van der Waals surface area contributed by atoms with Crippen LogP contribution in [0.2, 0.25) is 0 Å². The molecule has 0 N–H and O–H groups in total. The summed E-state index contributed by atoms with van der Waals surface area (Å²) in [4.78, 5) is 12.5. The average Bonchev–Trinajstić information content (AvgIpc) is 2.90. The Kier molecular flexibility index (Phi) is 14.9. The lowest BCUT2D eigenvalue weighted by molar-refractivity contribution is -0.222. The molecule has 1 unspecified atom stereocenters. The number of carbonyl (C=O) groups excluding carboxylic acids is 1. The first-order valence-corrected chi connectivity index (χ1v) is 14.1. The number of aryl methyl sites for hydroxylation is 1. The molecule has 0 heterocycles. The molecule has 1 atom stereocenters. The molecule has 0 aliphatic heterocycles. The van der Waals surface area contributed by atoms with Crippen molar-refractivity contribution in [2.75, 3.05) is 13.2 Å². The molecule has 0 bridgehead atoms. The molecule has 0 amide bonds. The fourth-order valence-electron chi connectivity index (χ4n) is 4.10. The van der Waals surface area contributed by atoms with E-state index in [-0.39, 0.29) is 13.0 Å². The minimum atomic E-state index is -4.36. The van der Waals surface area contributed by atoms with Gasteiger partial charge in [0, 0.05) is 6.61 Å². The monoisotopic (exact) mass is 536 g/mol. The fourth-order valence-corrected chi connectivity index (χ4v) is 4.10. The van der Waals surface area contributed by atoms with E-state index in [1.165, 1.54) is 44.9 Å². The third-order valence-electron chi connectivity index (χ3n) is 6.31. The van der Waals surface area contributed by atoms with Crippen molar-refractivity contribution in [2.24, 2.45) is 0 Å². The van der Waals surface area contributed by atoms with Crippen molar-refractivity contribution in [3.8, 4) is 11.5 Å². The van der Waals surface area contributed by atoms with Crippen LogP contribution in [-0.2, 0) is 11.2 Å². The molecular weight excluding hydrogens is 493 g/mol. The van der Waals surface area contributed by atoms with Crippen molar-refractivity contribution < 1.29 is 32.2 Å². The van der Waals surface area contributed by atoms with Crippen molar-refractivity contribution in [3.05, 3.63) is 59.7 Å². The first-order chi connectivity index (χ1) is 18.3. The van der Waals surface area contributed by atoms with Crippen LogP contribution >= 0.6 is 0 Å². The number of carbonyl (C=O) groups is 1. The average molecular weight is 537 g/mol. The Hall–Kier alpha value is -2.54. The van der Waals surface area contributed by atoms with Gasteiger partial charge in [-0.1, -0.05) is 70.9 Å². The second-order valence-corrected chi connectivity index (χ2v) is 9.67. The molecule has 2 rings (SSSR count). The minimum absolute atomic E-state index is 0.0911. The first-order valence-electron chi connectivity index (χ1n) is 14.1. The number of rotatable bonds is 19. The van der Waals surface area contributed by atoms with E-state index < -0.39 is 18.2 Å². The number of benzene rings is 2. The Bertz CT molecular complexity index is 895. The van der Waals surface area contributed by atoms with Gasteiger partial charge in [-0.2, -0.15) is 13.2 Å². The molecule has 0 aliphatic carbocycles. The molecule has 4 nitrogen and oxygen atoms in total. The van der Waals surface area contributed by atoms with Crippen LogP contribution in [0.4, 0.5) is 13.2 Å². The molecule has 0 fully saturated rings. The Morgan fingerprint density at radius 3 is 1.95 bits per heavy atom. The summed E-state index contributed by atoms with van der Waals surface area (Å²) in [7, 11) is 0. The van der Waals surface area contributed by atoms with E-state index in [1.54, 1.807) is 55.5 Å². The van der Waals surface area contributed by atoms with Gasteiger partial charge in [-0.15, -0.1) is 0 Å². The maximum atomic E-state index is 13.1. The van der Waals surface area contributed by atoms with Crippen LogP contribution in [0, 0.1) is 0 Å². The molecule has 212 valence electrons. The van der Waals surface area contributed by atoms with Crippen LogP contribution in [0.5, 0.6) is 11.5 Å². The highest BCUT2D eigenvalue weighted by Crippen LogP contribution is 2.27. The normalized spacial score (nSPS) is 12.3. The van der Waals surface area contributed by atoms with E-state index >= 15 is 0 Å². The zero-order valence-corrected chi connectivity index (χ0v) is 22.9. The largest absolute Gasteiger partial charge is 0.494 e. The Morgan fingerprint density at radius 2 is 1.34 bits per heavy atom. The van der Waals surface area contributed by atoms with Crippen molar-refractivity contribution in [3.63, 3.8) is 0 Å². The number of hydrogen-bond donors (Lipinski definition) is 0. The molecule has 7 heteroatoms. The summed E-state index contributed by atoms with van der Waals surface area (Å²) in [6.45, 7) is 4.77. The second kappa shape index (κ2) is 17.9. The van der Waals surface area contributed by atoms with E-state index in [1.807, 2.05) is 0 Å². The number of unbranched alkanes of at least 4 members (excludes halogenated alkanes) is 7. The van der Waals surface area contributed by atoms with Crippen LogP contribution in [-0.4, -0.2) is 31.5 Å². The first kappa shape index (κ1) is 31.7. The van der Waals surface area contributed by atoms with Crippen molar-refractivity contribution in [1.82, 2.24) is 0 Å². The highest BCUT2D eigenvalue weighted by atomic mass is 19.4. The molecule has 2 aromatic rings. The highest BCUT2D eigenvalue weighted by molar-refractivity contribution is 5.91. The summed E-state index contributed by atoms with van der Waals surface area (Å²) in [6, 6.07) is 13.7. The van der Waals surface area contributed by atoms with E-state index in [9.17, 15) is 18.0 Å². The molecule has 0 radical (unpaired) electrons. The van der Waals surface area contributed by atoms with Gasteiger partial charge in [0.1, 0.15) is 11.5 Å². The lowest BCUT2D eigenvalue weighted by Gasteiger charge is -2.20. The summed E-state index contributed by atoms with van der Waals surface area (Å²) in [5.41, 5.74) is 1.24. The van der Waals surface area contributed by atoms with Crippen molar-refractivity contribution in [2.45, 2.75) is 103 Å². The number of alkyl halides is 3. The maximum absolute atomic E-state index is 13.1. The lowest BCUT2D eigenvalue weighted by atomic mass is 10.0. The van der Waals surface area contributed by atoms with Crippen molar-refractivity contribution in [1.29, 1.82) is 0 Å². The predicted molar refractivity (Wildman–Crippen MR) is 145 cm³/mol. The Labute approximate surface area is 225 Å². The summed E-state index contributed by atoms with van der Waals surface area (Å²) in [5, 5.41) is 0. The third-order valence-corrected chi connectivity index (χ3v) is 6.31. The molecule has 0 aliphatic rings. The van der Waals surface area contributed by atoms with E-state index in [0.717, 1.165) is 17.7 Å². The molecule has 0 aromatic heterocycles. The SMILES string of the molecule is CCCCCCCCCCOc1ccc(OC(=O)c2ccc(CCCC(OCCC)C(F)(F)F)cc2)cc1. The van der Waals surface area contributed by atoms with Gasteiger partial charge in [0.05, 0.1) is 12.2 Å². The minimum Gasteiger partial charge on any atom is -0.494 e. The quantitative estimate of drug-likeness (QED) is 0.102. The summed E-state index contributed by atoms with van der Waals surface area (Å²) in [6.07, 6.45) is 5.14. The number of ether oxygens (including phenoxy) is 3. The molecule has 0 saturated carbocycles. The van der Waals surface area contributed by atoms with Crippen LogP contribution in [0.3, 0.4) is 0 Å². The summed E-state index contributed by atoms with van der Waals surface area (Å²) in [5.74, 6) is 0.669. The number of esters is 1.